The van der Waals surface area contributed by atoms with Crippen molar-refractivity contribution in [1.82, 2.24) is 15.1 Å². The van der Waals surface area contributed by atoms with Crippen molar-refractivity contribution >= 4 is 0 Å². The molecule has 1 aromatic heterocycles. The van der Waals surface area contributed by atoms with Crippen LogP contribution in [-0.2, 0) is 19.9 Å². The van der Waals surface area contributed by atoms with E-state index >= 15 is 0 Å². The van der Waals surface area contributed by atoms with Crippen LogP contribution in [0.25, 0.3) is 0 Å². The lowest BCUT2D eigenvalue weighted by atomic mass is 10.00. The Labute approximate surface area is 126 Å². The Balaban J connectivity index is 1.91. The van der Waals surface area contributed by atoms with E-state index in [1.807, 2.05) is 30.1 Å². The molecule has 0 saturated carbocycles. The predicted octanol–water partition coefficient (Wildman–Crippen LogP) is 3.10. The van der Waals surface area contributed by atoms with Crippen molar-refractivity contribution < 1.29 is 4.39 Å². The van der Waals surface area contributed by atoms with Crippen LogP contribution < -0.4 is 5.32 Å². The summed E-state index contributed by atoms with van der Waals surface area (Å²) in [5, 5.41) is 7.79. The predicted molar refractivity (Wildman–Crippen MR) is 83.7 cm³/mol. The minimum atomic E-state index is -0.174. The van der Waals surface area contributed by atoms with Crippen LogP contribution in [0.4, 0.5) is 4.39 Å². The van der Waals surface area contributed by atoms with Crippen LogP contribution in [0.1, 0.15) is 30.9 Å². The highest BCUT2D eigenvalue weighted by molar-refractivity contribution is 5.17. The molecule has 0 aliphatic rings. The van der Waals surface area contributed by atoms with Gasteiger partial charge in [-0.25, -0.2) is 4.39 Å². The summed E-state index contributed by atoms with van der Waals surface area (Å²) < 4.78 is 14.8. The fourth-order valence-electron chi connectivity index (χ4n) is 2.47. The van der Waals surface area contributed by atoms with Crippen LogP contribution in [0.3, 0.4) is 0 Å². The second-order valence-corrected chi connectivity index (χ2v) is 5.54. The highest BCUT2D eigenvalue weighted by Crippen LogP contribution is 2.11. The Morgan fingerprint density at radius 2 is 2.00 bits per heavy atom. The molecule has 0 saturated heterocycles. The lowest BCUT2D eigenvalue weighted by Gasteiger charge is -2.18. The van der Waals surface area contributed by atoms with Crippen LogP contribution in [0, 0.1) is 5.82 Å². The molecule has 114 valence electrons. The van der Waals surface area contributed by atoms with Gasteiger partial charge in [0.15, 0.2) is 0 Å². The van der Waals surface area contributed by atoms with Gasteiger partial charge in [-0.1, -0.05) is 19.1 Å². The van der Waals surface area contributed by atoms with Crippen LogP contribution in [0.15, 0.2) is 36.7 Å². The second kappa shape index (κ2) is 7.93. The van der Waals surface area contributed by atoms with Crippen molar-refractivity contribution in [2.24, 2.45) is 7.05 Å². The average Bonchev–Trinajstić information content (AvgIpc) is 2.90. The summed E-state index contributed by atoms with van der Waals surface area (Å²) in [5.74, 6) is -0.174. The number of benzene rings is 1. The monoisotopic (exact) mass is 289 g/mol. The lowest BCUT2D eigenvalue weighted by Crippen LogP contribution is -2.32. The van der Waals surface area contributed by atoms with Gasteiger partial charge in [0.1, 0.15) is 5.82 Å². The Hall–Kier alpha value is -1.68. The van der Waals surface area contributed by atoms with Gasteiger partial charge in [-0.05, 0) is 55.5 Å². The van der Waals surface area contributed by atoms with E-state index < -0.39 is 0 Å². The largest absolute Gasteiger partial charge is 0.314 e. The number of hydrogen-bond donors (Lipinski definition) is 1. The second-order valence-electron chi connectivity index (χ2n) is 5.54. The number of aryl methyl sites for hydroxylation is 2. The highest BCUT2D eigenvalue weighted by atomic mass is 19.1. The number of halogens is 1. The molecule has 1 N–H and O–H groups in total. The Morgan fingerprint density at radius 1 is 1.24 bits per heavy atom. The number of rotatable bonds is 8. The molecule has 3 nitrogen and oxygen atoms in total. The van der Waals surface area contributed by atoms with E-state index in [4.69, 9.17) is 0 Å². The van der Waals surface area contributed by atoms with E-state index in [2.05, 4.69) is 23.5 Å². The van der Waals surface area contributed by atoms with E-state index in [1.165, 1.54) is 23.3 Å². The van der Waals surface area contributed by atoms with Crippen molar-refractivity contribution in [3.8, 4) is 0 Å². The summed E-state index contributed by atoms with van der Waals surface area (Å²) in [6, 6.07) is 7.23. The first-order valence-electron chi connectivity index (χ1n) is 7.62. The molecule has 0 fully saturated rings. The van der Waals surface area contributed by atoms with Gasteiger partial charge in [-0.15, -0.1) is 0 Å². The van der Waals surface area contributed by atoms with Gasteiger partial charge < -0.3 is 5.32 Å². The molecule has 2 aromatic rings. The van der Waals surface area contributed by atoms with Crippen molar-refractivity contribution in [3.63, 3.8) is 0 Å². The van der Waals surface area contributed by atoms with Gasteiger partial charge >= 0.3 is 0 Å². The van der Waals surface area contributed by atoms with Gasteiger partial charge in [0.05, 0.1) is 6.20 Å². The quantitative estimate of drug-likeness (QED) is 0.809. The molecule has 1 aromatic carbocycles. The molecule has 2 rings (SSSR count). The summed E-state index contributed by atoms with van der Waals surface area (Å²) in [7, 11) is 1.94. The summed E-state index contributed by atoms with van der Waals surface area (Å²) in [4.78, 5) is 0. The zero-order chi connectivity index (χ0) is 15.1. The molecule has 0 spiro atoms. The number of nitrogens with one attached hydrogen (secondary N) is 1. The fourth-order valence-corrected chi connectivity index (χ4v) is 2.47. The molecule has 0 amide bonds. The third-order valence-electron chi connectivity index (χ3n) is 3.62. The number of hydrogen-bond acceptors (Lipinski definition) is 2. The van der Waals surface area contributed by atoms with Crippen LogP contribution in [0.5, 0.6) is 0 Å². The number of aromatic nitrogens is 2. The molecule has 1 atom stereocenters. The number of nitrogens with zero attached hydrogens (tertiary/aromatic N) is 2. The average molecular weight is 289 g/mol. The molecule has 1 heterocycles. The molecule has 21 heavy (non-hydrogen) atoms. The van der Waals surface area contributed by atoms with Crippen molar-refractivity contribution in [2.75, 3.05) is 6.54 Å². The van der Waals surface area contributed by atoms with E-state index in [0.717, 1.165) is 32.2 Å². The molecule has 0 radical (unpaired) electrons. The van der Waals surface area contributed by atoms with Gasteiger partial charge in [0.2, 0.25) is 0 Å². The summed E-state index contributed by atoms with van der Waals surface area (Å²) in [6.07, 6.45) is 8.11. The van der Waals surface area contributed by atoms with E-state index in [1.54, 1.807) is 0 Å². The first-order valence-corrected chi connectivity index (χ1v) is 7.62. The maximum Gasteiger partial charge on any atom is 0.123 e. The lowest BCUT2D eigenvalue weighted by molar-refractivity contribution is 0.477. The molecule has 0 aliphatic carbocycles. The Bertz CT molecular complexity index is 533. The molecular weight excluding hydrogens is 265 g/mol. The van der Waals surface area contributed by atoms with Crippen molar-refractivity contribution in [1.29, 1.82) is 0 Å². The zero-order valence-electron chi connectivity index (χ0n) is 12.8. The minimum absolute atomic E-state index is 0.174. The van der Waals surface area contributed by atoms with Crippen LogP contribution >= 0.6 is 0 Å². The van der Waals surface area contributed by atoms with Crippen molar-refractivity contribution in [3.05, 3.63) is 53.6 Å². The van der Waals surface area contributed by atoms with E-state index in [-0.39, 0.29) is 5.82 Å². The normalized spacial score (nSPS) is 12.5. The Morgan fingerprint density at radius 3 is 2.62 bits per heavy atom. The summed E-state index contributed by atoms with van der Waals surface area (Å²) in [5.41, 5.74) is 2.44. The van der Waals surface area contributed by atoms with E-state index in [0.29, 0.717) is 6.04 Å². The summed E-state index contributed by atoms with van der Waals surface area (Å²) >= 11 is 0. The third kappa shape index (κ3) is 5.31. The fraction of sp³-hybridized carbons (Fsp3) is 0.471. The Kier molecular flexibility index (Phi) is 5.93. The maximum absolute atomic E-state index is 13.0. The van der Waals surface area contributed by atoms with Crippen LogP contribution in [0.2, 0.25) is 0 Å². The zero-order valence-corrected chi connectivity index (χ0v) is 12.8. The van der Waals surface area contributed by atoms with Gasteiger partial charge in [0.25, 0.3) is 0 Å². The standard InChI is InChI=1S/C17H24FN3/c1-3-10-19-17(9-6-15-12-20-21(2)13-15)11-14-4-7-16(18)8-5-14/h4-5,7-8,12-13,17,19H,3,6,9-11H2,1-2H3. The first kappa shape index (κ1) is 15.7. The van der Waals surface area contributed by atoms with Gasteiger partial charge in [0, 0.05) is 19.3 Å². The third-order valence-corrected chi connectivity index (χ3v) is 3.62. The molecule has 4 heteroatoms. The summed E-state index contributed by atoms with van der Waals surface area (Å²) in [6.45, 7) is 3.18. The molecular formula is C17H24FN3. The first-order chi connectivity index (χ1) is 10.2. The topological polar surface area (TPSA) is 29.9 Å². The molecule has 0 bridgehead atoms. The maximum atomic E-state index is 13.0. The highest BCUT2D eigenvalue weighted by Gasteiger charge is 2.10. The van der Waals surface area contributed by atoms with Crippen molar-refractivity contribution in [2.45, 2.75) is 38.6 Å². The van der Waals surface area contributed by atoms with Crippen LogP contribution in [-0.4, -0.2) is 22.4 Å². The molecule has 1 unspecified atom stereocenters. The molecule has 0 aliphatic heterocycles. The van der Waals surface area contributed by atoms with Gasteiger partial charge in [-0.2, -0.15) is 5.10 Å². The van der Waals surface area contributed by atoms with E-state index in [9.17, 15) is 4.39 Å². The smallest absolute Gasteiger partial charge is 0.123 e. The minimum Gasteiger partial charge on any atom is -0.314 e. The van der Waals surface area contributed by atoms with Gasteiger partial charge in [-0.3, -0.25) is 4.68 Å². The SMILES string of the molecule is CCCNC(CCc1cnn(C)c1)Cc1ccc(F)cc1.